The third-order valence-electron chi connectivity index (χ3n) is 7.42. The smallest absolute Gasteiger partial charge is 0.157 e. The number of phenols is 6. The van der Waals surface area contributed by atoms with Crippen molar-refractivity contribution in [2.75, 3.05) is 0 Å². The van der Waals surface area contributed by atoms with E-state index in [1.165, 1.54) is 36.4 Å². The van der Waals surface area contributed by atoms with Crippen LogP contribution in [-0.4, -0.2) is 41.8 Å². The third-order valence-corrected chi connectivity index (χ3v) is 7.42. The van der Waals surface area contributed by atoms with Crippen molar-refractivity contribution in [3.8, 4) is 46.0 Å². The lowest BCUT2D eigenvalue weighted by Crippen LogP contribution is -2.31. The molecule has 2 aliphatic rings. The van der Waals surface area contributed by atoms with Gasteiger partial charge in [-0.05, 0) is 47.9 Å². The summed E-state index contributed by atoms with van der Waals surface area (Å²) in [6, 6.07) is 16.6. The average Bonchev–Trinajstić information content (AvgIpc) is 2.90. The predicted octanol–water partition coefficient (Wildman–Crippen LogP) is 4.61. The molecule has 2 heterocycles. The summed E-state index contributed by atoms with van der Waals surface area (Å²) in [5, 5.41) is 72.5. The minimum atomic E-state index is -1.09. The molecule has 9 heteroatoms. The highest BCUT2D eigenvalue weighted by molar-refractivity contribution is 5.63. The molecule has 0 saturated carbocycles. The molecule has 2 aliphatic heterocycles. The van der Waals surface area contributed by atoms with Crippen molar-refractivity contribution in [3.63, 3.8) is 0 Å². The Bertz CT molecular complexity index is 1560. The molecule has 6 rings (SSSR count). The average molecular weight is 531 g/mol. The summed E-state index contributed by atoms with van der Waals surface area (Å²) in [7, 11) is 0. The van der Waals surface area contributed by atoms with Crippen LogP contribution in [0.25, 0.3) is 0 Å². The molecule has 0 aromatic heterocycles. The second kappa shape index (κ2) is 9.21. The van der Waals surface area contributed by atoms with Crippen LogP contribution < -0.4 is 9.47 Å². The quantitative estimate of drug-likeness (QED) is 0.188. The topological polar surface area (TPSA) is 160 Å². The Balaban J connectivity index is 1.49. The van der Waals surface area contributed by atoms with Gasteiger partial charge in [0, 0.05) is 41.2 Å². The first kappa shape index (κ1) is 24.6. The standard InChI is InChI=1S/C30H26O9/c31-16-4-1-14(2-5-16)26-12-19(18-7-6-17(32)10-27(18)38-26)28-24(36)13-22(34)20-11-25(37)29(39-30(20)28)15-3-8-21(33)23(35)9-15/h1-10,13,19,25-26,29,31-37H,11-12H2. The maximum atomic E-state index is 11.2. The lowest BCUT2D eigenvalue weighted by Gasteiger charge is -2.37. The van der Waals surface area contributed by atoms with Crippen molar-refractivity contribution >= 4 is 0 Å². The molecule has 4 unspecified atom stereocenters. The summed E-state index contributed by atoms with van der Waals surface area (Å²) in [5.41, 5.74) is 2.55. The number of aromatic hydroxyl groups is 6. The molecule has 0 radical (unpaired) electrons. The van der Waals surface area contributed by atoms with Crippen LogP contribution in [0.5, 0.6) is 46.0 Å². The minimum absolute atomic E-state index is 0.00221. The zero-order chi connectivity index (χ0) is 27.4. The van der Waals surface area contributed by atoms with E-state index in [1.54, 1.807) is 30.3 Å². The molecule has 0 amide bonds. The van der Waals surface area contributed by atoms with Crippen LogP contribution in [0.3, 0.4) is 0 Å². The summed E-state index contributed by atoms with van der Waals surface area (Å²) >= 11 is 0. The van der Waals surface area contributed by atoms with Crippen molar-refractivity contribution < 1.29 is 45.2 Å². The van der Waals surface area contributed by atoms with E-state index in [4.69, 9.17) is 9.47 Å². The zero-order valence-corrected chi connectivity index (χ0v) is 20.5. The fourth-order valence-corrected chi connectivity index (χ4v) is 5.51. The molecule has 0 aliphatic carbocycles. The first-order valence-corrected chi connectivity index (χ1v) is 12.4. The minimum Gasteiger partial charge on any atom is -0.508 e. The SMILES string of the molecule is Oc1ccc(C2CC(c3c(O)cc(O)c4c3OC(c3ccc(O)c(O)c3)C(O)C4)c3ccc(O)cc3O2)cc1. The number of benzene rings is 4. The summed E-state index contributed by atoms with van der Waals surface area (Å²) in [6.45, 7) is 0. The Morgan fingerprint density at radius 3 is 2.10 bits per heavy atom. The van der Waals surface area contributed by atoms with E-state index in [2.05, 4.69) is 0 Å². The third kappa shape index (κ3) is 4.26. The molecule has 39 heavy (non-hydrogen) atoms. The van der Waals surface area contributed by atoms with E-state index < -0.39 is 24.2 Å². The van der Waals surface area contributed by atoms with Crippen LogP contribution in [0.15, 0.2) is 66.7 Å². The summed E-state index contributed by atoms with van der Waals surface area (Å²) in [6.07, 6.45) is -2.20. The lowest BCUT2D eigenvalue weighted by molar-refractivity contribution is 0.0184. The van der Waals surface area contributed by atoms with Gasteiger partial charge in [0.1, 0.15) is 46.7 Å². The number of aliphatic hydroxyl groups is 1. The Kier molecular flexibility index (Phi) is 5.80. The van der Waals surface area contributed by atoms with Crippen molar-refractivity contribution in [2.45, 2.75) is 37.1 Å². The first-order chi connectivity index (χ1) is 18.7. The van der Waals surface area contributed by atoms with E-state index >= 15 is 0 Å². The Morgan fingerprint density at radius 2 is 1.36 bits per heavy atom. The number of ether oxygens (including phenoxy) is 2. The fourth-order valence-electron chi connectivity index (χ4n) is 5.51. The molecule has 7 N–H and O–H groups in total. The van der Waals surface area contributed by atoms with Crippen LogP contribution in [0.4, 0.5) is 0 Å². The predicted molar refractivity (Wildman–Crippen MR) is 139 cm³/mol. The number of fused-ring (bicyclic) bond motifs is 2. The second-order valence-electron chi connectivity index (χ2n) is 9.90. The van der Waals surface area contributed by atoms with Gasteiger partial charge in [0.2, 0.25) is 0 Å². The molecule has 4 atom stereocenters. The lowest BCUT2D eigenvalue weighted by atomic mass is 9.79. The van der Waals surface area contributed by atoms with Gasteiger partial charge in [0.25, 0.3) is 0 Å². The van der Waals surface area contributed by atoms with E-state index in [0.717, 1.165) is 5.56 Å². The maximum Gasteiger partial charge on any atom is 0.157 e. The van der Waals surface area contributed by atoms with Gasteiger partial charge < -0.3 is 45.2 Å². The van der Waals surface area contributed by atoms with Crippen molar-refractivity contribution in [1.29, 1.82) is 0 Å². The molecule has 9 nitrogen and oxygen atoms in total. The molecule has 200 valence electrons. The van der Waals surface area contributed by atoms with Gasteiger partial charge in [-0.1, -0.05) is 24.3 Å². The Labute approximate surface area is 223 Å². The van der Waals surface area contributed by atoms with E-state index in [0.29, 0.717) is 34.4 Å². The highest BCUT2D eigenvalue weighted by Gasteiger charge is 2.40. The summed E-state index contributed by atoms with van der Waals surface area (Å²) in [4.78, 5) is 0. The molecule has 4 aromatic carbocycles. The number of phenolic OH excluding ortho intramolecular Hbond substituents is 6. The van der Waals surface area contributed by atoms with Crippen LogP contribution in [0.1, 0.15) is 52.4 Å². The van der Waals surface area contributed by atoms with Crippen LogP contribution in [-0.2, 0) is 6.42 Å². The number of aliphatic hydroxyl groups excluding tert-OH is 1. The zero-order valence-electron chi connectivity index (χ0n) is 20.5. The maximum absolute atomic E-state index is 11.2. The first-order valence-electron chi connectivity index (χ1n) is 12.4. The van der Waals surface area contributed by atoms with Crippen molar-refractivity contribution in [2.24, 2.45) is 0 Å². The van der Waals surface area contributed by atoms with E-state index in [1.807, 2.05) is 0 Å². The van der Waals surface area contributed by atoms with E-state index in [-0.39, 0.29) is 46.7 Å². The van der Waals surface area contributed by atoms with Gasteiger partial charge in [0.05, 0.1) is 6.10 Å². The van der Waals surface area contributed by atoms with Crippen molar-refractivity contribution in [3.05, 3.63) is 94.5 Å². The van der Waals surface area contributed by atoms with Gasteiger partial charge in [-0.25, -0.2) is 0 Å². The van der Waals surface area contributed by atoms with Crippen LogP contribution in [0.2, 0.25) is 0 Å². The van der Waals surface area contributed by atoms with E-state index in [9.17, 15) is 35.7 Å². The second-order valence-corrected chi connectivity index (χ2v) is 9.90. The number of rotatable bonds is 3. The van der Waals surface area contributed by atoms with Crippen molar-refractivity contribution in [1.82, 2.24) is 0 Å². The molecular weight excluding hydrogens is 504 g/mol. The van der Waals surface area contributed by atoms with Crippen LogP contribution in [0, 0.1) is 0 Å². The highest BCUT2D eigenvalue weighted by Crippen LogP contribution is 2.55. The molecule has 0 bridgehead atoms. The number of hydrogen-bond acceptors (Lipinski definition) is 9. The van der Waals surface area contributed by atoms with Gasteiger partial charge in [0.15, 0.2) is 11.5 Å². The van der Waals surface area contributed by atoms with Crippen LogP contribution >= 0.6 is 0 Å². The Hall–Kier alpha value is -4.76. The normalized spacial score (nSPS) is 21.8. The van der Waals surface area contributed by atoms with Gasteiger partial charge in [-0.2, -0.15) is 0 Å². The molecule has 0 spiro atoms. The molecule has 4 aromatic rings. The van der Waals surface area contributed by atoms with Gasteiger partial charge >= 0.3 is 0 Å². The number of hydrogen-bond donors (Lipinski definition) is 7. The largest absolute Gasteiger partial charge is 0.508 e. The summed E-state index contributed by atoms with van der Waals surface area (Å²) < 4.78 is 12.5. The molecule has 0 saturated heterocycles. The fraction of sp³-hybridized carbons (Fsp3) is 0.200. The molecule has 0 fully saturated rings. The Morgan fingerprint density at radius 1 is 0.641 bits per heavy atom. The highest BCUT2D eigenvalue weighted by atomic mass is 16.5. The monoisotopic (exact) mass is 530 g/mol. The summed E-state index contributed by atoms with van der Waals surface area (Å²) in [5.74, 6) is -0.935. The molecular formula is C30H26O9. The van der Waals surface area contributed by atoms with Gasteiger partial charge in [-0.15, -0.1) is 0 Å². The van der Waals surface area contributed by atoms with Gasteiger partial charge in [-0.3, -0.25) is 0 Å².